The molecule has 3 heterocycles. The standard InChI is InChI=1S/C21H17N3O4S4/c1-28-13-3-4-16-15(8-13)24(11-19(25)23-32(2,26)27)21(31-16)10-20-22-14-9-17-12(5-6-29-17)7-18(14)30-20/h3-10H,11H2,1-2H3,(H,23,25)/b21-10-. The van der Waals surface area contributed by atoms with Crippen molar-refractivity contribution in [1.29, 1.82) is 0 Å². The maximum absolute atomic E-state index is 12.4. The molecule has 164 valence electrons. The molecule has 0 atom stereocenters. The average molecular weight is 504 g/mol. The molecule has 0 spiro atoms. The Labute approximate surface area is 196 Å². The fourth-order valence-corrected chi connectivity index (χ4v) is 6.80. The molecule has 1 N–H and O–H groups in total. The number of sulfonamides is 1. The van der Waals surface area contributed by atoms with Gasteiger partial charge in [-0.15, -0.1) is 22.7 Å². The lowest BCUT2D eigenvalue weighted by Gasteiger charge is -2.20. The van der Waals surface area contributed by atoms with E-state index in [1.54, 1.807) is 34.7 Å². The molecule has 1 aliphatic rings. The van der Waals surface area contributed by atoms with E-state index >= 15 is 0 Å². The number of thiazole rings is 1. The number of benzene rings is 2. The van der Waals surface area contributed by atoms with Gasteiger partial charge in [0, 0.05) is 21.7 Å². The number of rotatable bonds is 5. The summed E-state index contributed by atoms with van der Waals surface area (Å²) in [6, 6.07) is 11.9. The van der Waals surface area contributed by atoms with Gasteiger partial charge in [0.25, 0.3) is 5.91 Å². The number of hydrogen-bond donors (Lipinski definition) is 1. The molecule has 0 saturated carbocycles. The van der Waals surface area contributed by atoms with Gasteiger partial charge in [-0.3, -0.25) is 9.52 Å². The van der Waals surface area contributed by atoms with Gasteiger partial charge in [-0.25, -0.2) is 13.4 Å². The highest BCUT2D eigenvalue weighted by Gasteiger charge is 2.28. The molecule has 4 aromatic rings. The van der Waals surface area contributed by atoms with Gasteiger partial charge in [0.1, 0.15) is 17.3 Å². The minimum atomic E-state index is -3.65. The summed E-state index contributed by atoms with van der Waals surface area (Å²) in [5.74, 6) is 0.0402. The summed E-state index contributed by atoms with van der Waals surface area (Å²) in [4.78, 5) is 19.9. The van der Waals surface area contributed by atoms with E-state index in [0.717, 1.165) is 37.1 Å². The summed E-state index contributed by atoms with van der Waals surface area (Å²) >= 11 is 4.76. The lowest BCUT2D eigenvalue weighted by atomic mass is 10.2. The maximum Gasteiger partial charge on any atom is 0.253 e. The highest BCUT2D eigenvalue weighted by molar-refractivity contribution is 8.04. The van der Waals surface area contributed by atoms with Crippen LogP contribution in [-0.4, -0.2) is 39.2 Å². The molecule has 32 heavy (non-hydrogen) atoms. The lowest BCUT2D eigenvalue weighted by Crippen LogP contribution is -2.38. The van der Waals surface area contributed by atoms with Crippen molar-refractivity contribution < 1.29 is 17.9 Å². The first-order valence-corrected chi connectivity index (χ1v) is 13.8. The lowest BCUT2D eigenvalue weighted by molar-refractivity contribution is -0.117. The summed E-state index contributed by atoms with van der Waals surface area (Å²) < 4.78 is 32.7. The van der Waals surface area contributed by atoms with Gasteiger partial charge >= 0.3 is 0 Å². The van der Waals surface area contributed by atoms with Gasteiger partial charge in [0.05, 0.1) is 34.3 Å². The van der Waals surface area contributed by atoms with Crippen molar-refractivity contribution in [2.75, 3.05) is 24.8 Å². The Balaban J connectivity index is 1.53. The van der Waals surface area contributed by atoms with Crippen LogP contribution in [0.1, 0.15) is 5.01 Å². The van der Waals surface area contributed by atoms with Gasteiger partial charge < -0.3 is 9.64 Å². The monoisotopic (exact) mass is 503 g/mol. The fourth-order valence-electron chi connectivity index (χ4n) is 3.43. The molecule has 2 aromatic carbocycles. The smallest absolute Gasteiger partial charge is 0.253 e. The Kier molecular flexibility index (Phi) is 5.36. The number of ether oxygens (including phenoxy) is 1. The summed E-state index contributed by atoms with van der Waals surface area (Å²) in [5, 5.41) is 4.86. The SMILES string of the molecule is COc1ccc2c(c1)N(CC(=O)NS(C)(=O)=O)/C(=C/c1nc3cc4sccc4cc3s1)S2. The Morgan fingerprint density at radius 1 is 1.22 bits per heavy atom. The van der Waals surface area contributed by atoms with Gasteiger partial charge in [-0.2, -0.15) is 0 Å². The van der Waals surface area contributed by atoms with Crippen molar-refractivity contribution >= 4 is 82.4 Å². The molecule has 0 saturated heterocycles. The molecule has 2 aromatic heterocycles. The molecule has 0 radical (unpaired) electrons. The Morgan fingerprint density at radius 3 is 2.84 bits per heavy atom. The van der Waals surface area contributed by atoms with Crippen LogP contribution < -0.4 is 14.4 Å². The van der Waals surface area contributed by atoms with Crippen molar-refractivity contribution in [3.8, 4) is 5.75 Å². The molecule has 1 amide bonds. The van der Waals surface area contributed by atoms with Crippen LogP contribution in [0.4, 0.5) is 5.69 Å². The second-order valence-electron chi connectivity index (χ2n) is 7.13. The number of thiophene rings is 1. The number of carbonyl (C=O) groups is 1. The van der Waals surface area contributed by atoms with E-state index < -0.39 is 15.9 Å². The molecular formula is C21H17N3O4S4. The summed E-state index contributed by atoms with van der Waals surface area (Å²) in [6.45, 7) is -0.146. The molecular weight excluding hydrogens is 487 g/mol. The van der Waals surface area contributed by atoms with E-state index in [9.17, 15) is 13.2 Å². The van der Waals surface area contributed by atoms with E-state index in [1.165, 1.54) is 21.8 Å². The van der Waals surface area contributed by atoms with Gasteiger partial charge in [-0.1, -0.05) is 11.8 Å². The van der Waals surface area contributed by atoms with Crippen LogP contribution >= 0.6 is 34.4 Å². The first-order valence-electron chi connectivity index (χ1n) is 9.42. The Hall–Kier alpha value is -2.60. The number of hydrogen-bond acceptors (Lipinski definition) is 9. The van der Waals surface area contributed by atoms with E-state index in [0.29, 0.717) is 5.75 Å². The minimum absolute atomic E-state index is 0.146. The van der Waals surface area contributed by atoms with Gasteiger partial charge in [-0.05, 0) is 41.1 Å². The first kappa shape index (κ1) is 21.3. The second kappa shape index (κ2) is 8.07. The van der Waals surface area contributed by atoms with Crippen molar-refractivity contribution in [3.63, 3.8) is 0 Å². The van der Waals surface area contributed by atoms with E-state index in [4.69, 9.17) is 9.72 Å². The van der Waals surface area contributed by atoms with Crippen LogP contribution in [0.3, 0.4) is 0 Å². The van der Waals surface area contributed by atoms with Gasteiger partial charge in [0.2, 0.25) is 10.0 Å². The number of fused-ring (bicyclic) bond motifs is 3. The van der Waals surface area contributed by atoms with E-state index in [-0.39, 0.29) is 6.54 Å². The Morgan fingerprint density at radius 2 is 2.06 bits per heavy atom. The largest absolute Gasteiger partial charge is 0.497 e. The van der Waals surface area contributed by atoms with E-state index in [2.05, 4.69) is 23.6 Å². The molecule has 0 fully saturated rings. The third-order valence-corrected chi connectivity index (χ3v) is 8.32. The first-order chi connectivity index (χ1) is 15.3. The van der Waals surface area contributed by atoms with Crippen molar-refractivity contribution in [1.82, 2.24) is 9.71 Å². The number of anilines is 1. The third kappa shape index (κ3) is 4.20. The molecule has 0 aliphatic carbocycles. The van der Waals surface area contributed by atoms with Crippen LogP contribution in [0.2, 0.25) is 0 Å². The summed E-state index contributed by atoms with van der Waals surface area (Å²) in [7, 11) is -2.07. The van der Waals surface area contributed by atoms with Gasteiger partial charge in [0.15, 0.2) is 0 Å². The van der Waals surface area contributed by atoms with Crippen LogP contribution in [0.5, 0.6) is 5.75 Å². The number of nitrogens with zero attached hydrogens (tertiary/aromatic N) is 2. The minimum Gasteiger partial charge on any atom is -0.497 e. The number of methoxy groups -OCH3 is 1. The molecule has 0 bridgehead atoms. The predicted octanol–water partition coefficient (Wildman–Crippen LogP) is 4.51. The van der Waals surface area contributed by atoms with Crippen LogP contribution in [0.15, 0.2) is 51.7 Å². The third-order valence-electron chi connectivity index (χ3n) is 4.76. The molecule has 11 heteroatoms. The van der Waals surface area contributed by atoms with Crippen molar-refractivity contribution in [2.45, 2.75) is 4.90 Å². The highest BCUT2D eigenvalue weighted by atomic mass is 32.2. The van der Waals surface area contributed by atoms with Crippen LogP contribution in [-0.2, 0) is 14.8 Å². The normalized spacial score (nSPS) is 14.9. The van der Waals surface area contributed by atoms with E-state index in [1.807, 2.05) is 29.0 Å². The number of thioether (sulfide) groups is 1. The second-order valence-corrected chi connectivity index (χ2v) is 12.0. The highest BCUT2D eigenvalue weighted by Crippen LogP contribution is 2.48. The number of carbonyl (C=O) groups excluding carboxylic acids is 1. The average Bonchev–Trinajstić information content (AvgIpc) is 3.41. The Bertz CT molecular complexity index is 1460. The number of aromatic nitrogens is 1. The zero-order valence-corrected chi connectivity index (χ0v) is 20.3. The fraction of sp³-hybridized carbons (Fsp3) is 0.143. The topological polar surface area (TPSA) is 88.6 Å². The molecule has 5 rings (SSSR count). The zero-order valence-electron chi connectivity index (χ0n) is 17.0. The summed E-state index contributed by atoms with van der Waals surface area (Å²) in [6.07, 6.45) is 2.90. The van der Waals surface area contributed by atoms with Crippen LogP contribution in [0, 0.1) is 0 Å². The predicted molar refractivity (Wildman–Crippen MR) is 132 cm³/mol. The van der Waals surface area contributed by atoms with Crippen molar-refractivity contribution in [3.05, 3.63) is 51.8 Å². The quantitative estimate of drug-likeness (QED) is 0.429. The summed E-state index contributed by atoms with van der Waals surface area (Å²) in [5.41, 5.74) is 1.71. The van der Waals surface area contributed by atoms with Crippen LogP contribution in [0.25, 0.3) is 26.4 Å². The number of nitrogens with one attached hydrogen (secondary N) is 1. The molecule has 1 aliphatic heterocycles. The molecule has 0 unspecified atom stereocenters. The number of amides is 1. The molecule has 7 nitrogen and oxygen atoms in total. The maximum atomic E-state index is 12.4. The zero-order chi connectivity index (χ0) is 22.5. The van der Waals surface area contributed by atoms with Crippen molar-refractivity contribution in [2.24, 2.45) is 0 Å².